The fraction of sp³-hybridized carbons (Fsp3) is 0.286. The molecule has 3 aromatic rings. The van der Waals surface area contributed by atoms with E-state index in [1.54, 1.807) is 0 Å². The maximum atomic E-state index is 14.2. The Morgan fingerprint density at radius 2 is 1.81 bits per heavy atom. The van der Waals surface area contributed by atoms with E-state index < -0.39 is 29.3 Å². The lowest BCUT2D eigenvalue weighted by molar-refractivity contribution is -0.0974. The van der Waals surface area contributed by atoms with Gasteiger partial charge in [-0.3, -0.25) is 9.59 Å². The van der Waals surface area contributed by atoms with Crippen LogP contribution in [0.5, 0.6) is 5.88 Å². The van der Waals surface area contributed by atoms with Crippen LogP contribution in [0.1, 0.15) is 15.9 Å². The van der Waals surface area contributed by atoms with Crippen LogP contribution >= 0.6 is 0 Å². The molecule has 3 rings (SSSR count). The largest absolute Gasteiger partial charge is 0.481 e. The van der Waals surface area contributed by atoms with Crippen LogP contribution in [0.2, 0.25) is 0 Å². The van der Waals surface area contributed by atoms with Gasteiger partial charge >= 0.3 is 0 Å². The molecule has 10 heteroatoms. The molecule has 0 bridgehead atoms. The third kappa shape index (κ3) is 4.70. The molecule has 2 aromatic heterocycles. The second-order valence-corrected chi connectivity index (χ2v) is 6.53. The number of rotatable bonds is 8. The van der Waals surface area contributed by atoms with Gasteiger partial charge in [0.15, 0.2) is 6.29 Å². The van der Waals surface area contributed by atoms with Crippen molar-refractivity contribution in [2.75, 3.05) is 27.9 Å². The highest BCUT2D eigenvalue weighted by Crippen LogP contribution is 2.19. The molecule has 0 aliphatic carbocycles. The van der Waals surface area contributed by atoms with Gasteiger partial charge in [0.05, 0.1) is 25.7 Å². The van der Waals surface area contributed by atoms with Gasteiger partial charge in [0.2, 0.25) is 11.3 Å². The number of hydrogen-bond donors (Lipinski definition) is 1. The van der Waals surface area contributed by atoms with Crippen molar-refractivity contribution in [1.29, 1.82) is 0 Å². The highest BCUT2D eigenvalue weighted by molar-refractivity contribution is 5.96. The zero-order valence-corrected chi connectivity index (χ0v) is 17.1. The molecule has 8 nitrogen and oxygen atoms in total. The summed E-state index contributed by atoms with van der Waals surface area (Å²) in [5, 5.41) is 2.54. The molecule has 0 aliphatic heterocycles. The summed E-state index contributed by atoms with van der Waals surface area (Å²) >= 11 is 0. The molecule has 0 saturated carbocycles. The Morgan fingerprint density at radius 1 is 1.13 bits per heavy atom. The molecule has 0 radical (unpaired) electrons. The van der Waals surface area contributed by atoms with Crippen LogP contribution in [0, 0.1) is 11.6 Å². The van der Waals surface area contributed by atoms with E-state index in [2.05, 4.69) is 10.3 Å². The predicted octanol–water partition coefficient (Wildman–Crippen LogP) is 2.08. The standard InChI is InChI=1S/C21H21F2N3O5/c1-29-17-8-7-16-19(25-17)20(27)13(21(28)24-9-18(30-2)31-3)11-26(16)10-12-14(22)5-4-6-15(12)23/h4-8,11,18H,9-10H2,1-3H3,(H,24,28). The maximum Gasteiger partial charge on any atom is 0.257 e. The number of pyridine rings is 2. The molecule has 164 valence electrons. The Bertz CT molecular complexity index is 1140. The molecular weight excluding hydrogens is 412 g/mol. The van der Waals surface area contributed by atoms with Crippen molar-refractivity contribution >= 4 is 16.9 Å². The SMILES string of the molecule is COc1ccc2c(n1)c(=O)c(C(=O)NCC(OC)OC)cn2Cc1c(F)cccc1F. The lowest BCUT2D eigenvalue weighted by Gasteiger charge is -2.16. The van der Waals surface area contributed by atoms with E-state index in [9.17, 15) is 18.4 Å². The van der Waals surface area contributed by atoms with Crippen LogP contribution in [-0.2, 0) is 16.0 Å². The highest BCUT2D eigenvalue weighted by atomic mass is 19.1. The van der Waals surface area contributed by atoms with Gasteiger partial charge in [0, 0.05) is 32.0 Å². The predicted molar refractivity (Wildman–Crippen MR) is 108 cm³/mol. The van der Waals surface area contributed by atoms with Crippen molar-refractivity contribution < 1.29 is 27.8 Å². The molecule has 0 spiro atoms. The van der Waals surface area contributed by atoms with Crippen LogP contribution in [0.3, 0.4) is 0 Å². The van der Waals surface area contributed by atoms with Crippen molar-refractivity contribution in [3.63, 3.8) is 0 Å². The number of nitrogens with zero attached hydrogens (tertiary/aromatic N) is 2. The molecular formula is C21H21F2N3O5. The smallest absolute Gasteiger partial charge is 0.257 e. The summed E-state index contributed by atoms with van der Waals surface area (Å²) in [6, 6.07) is 6.57. The topological polar surface area (TPSA) is 91.7 Å². The van der Waals surface area contributed by atoms with Gasteiger partial charge in [-0.1, -0.05) is 6.07 Å². The number of fused-ring (bicyclic) bond motifs is 1. The average Bonchev–Trinajstić information content (AvgIpc) is 2.78. The van der Waals surface area contributed by atoms with Gasteiger partial charge in [-0.15, -0.1) is 0 Å². The summed E-state index contributed by atoms with van der Waals surface area (Å²) in [6.45, 7) is -0.279. The fourth-order valence-corrected chi connectivity index (χ4v) is 3.04. The summed E-state index contributed by atoms with van der Waals surface area (Å²) in [4.78, 5) is 29.8. The number of halogens is 2. The Kier molecular flexibility index (Phi) is 6.93. The van der Waals surface area contributed by atoms with Crippen LogP contribution in [0.25, 0.3) is 11.0 Å². The van der Waals surface area contributed by atoms with Crippen LogP contribution in [0.4, 0.5) is 8.78 Å². The zero-order chi connectivity index (χ0) is 22.5. The van der Waals surface area contributed by atoms with Crippen LogP contribution < -0.4 is 15.5 Å². The summed E-state index contributed by atoms with van der Waals surface area (Å²) in [5.74, 6) is -2.05. The molecule has 0 fully saturated rings. The molecule has 31 heavy (non-hydrogen) atoms. The summed E-state index contributed by atoms with van der Waals surface area (Å²) < 4.78 is 44.9. The van der Waals surface area contributed by atoms with Crippen LogP contribution in [-0.4, -0.2) is 49.6 Å². The van der Waals surface area contributed by atoms with E-state index in [1.165, 1.54) is 50.3 Å². The quantitative estimate of drug-likeness (QED) is 0.547. The van der Waals surface area contributed by atoms with E-state index in [4.69, 9.17) is 14.2 Å². The van der Waals surface area contributed by atoms with Gasteiger partial charge < -0.3 is 24.1 Å². The van der Waals surface area contributed by atoms with Gasteiger partial charge in [0.1, 0.15) is 22.7 Å². The van der Waals surface area contributed by atoms with E-state index in [0.717, 1.165) is 12.1 Å². The fourth-order valence-electron chi connectivity index (χ4n) is 3.04. The molecule has 0 atom stereocenters. The van der Waals surface area contributed by atoms with Crippen molar-refractivity contribution in [3.8, 4) is 5.88 Å². The normalized spacial score (nSPS) is 11.2. The number of ether oxygens (including phenoxy) is 3. The van der Waals surface area contributed by atoms with Crippen molar-refractivity contribution in [1.82, 2.24) is 14.9 Å². The van der Waals surface area contributed by atoms with Gasteiger partial charge in [0.25, 0.3) is 5.91 Å². The summed E-state index contributed by atoms with van der Waals surface area (Å²) in [7, 11) is 4.19. The number of nitrogens with one attached hydrogen (secondary N) is 1. The second kappa shape index (κ2) is 9.63. The lowest BCUT2D eigenvalue weighted by Crippen LogP contribution is -2.36. The number of carbonyl (C=O) groups is 1. The summed E-state index contributed by atoms with van der Waals surface area (Å²) in [5.41, 5.74) is -0.900. The third-order valence-corrected chi connectivity index (χ3v) is 4.70. The van der Waals surface area contributed by atoms with E-state index in [-0.39, 0.29) is 41.1 Å². The van der Waals surface area contributed by atoms with Crippen molar-refractivity contribution in [2.45, 2.75) is 12.8 Å². The minimum absolute atomic E-state index is 0.0171. The Balaban J connectivity index is 2.11. The Labute approximate surface area is 176 Å². The number of amides is 1. The highest BCUT2D eigenvalue weighted by Gasteiger charge is 2.20. The average molecular weight is 433 g/mol. The monoisotopic (exact) mass is 433 g/mol. The molecule has 1 amide bonds. The number of aromatic nitrogens is 2. The minimum Gasteiger partial charge on any atom is -0.481 e. The Hall–Kier alpha value is -3.37. The second-order valence-electron chi connectivity index (χ2n) is 6.53. The summed E-state index contributed by atoms with van der Waals surface area (Å²) in [6.07, 6.45) is 0.534. The first-order chi connectivity index (χ1) is 14.9. The van der Waals surface area contributed by atoms with Gasteiger partial charge in [-0.05, 0) is 18.2 Å². The van der Waals surface area contributed by atoms with E-state index in [1.807, 2.05) is 0 Å². The molecule has 0 unspecified atom stereocenters. The third-order valence-electron chi connectivity index (χ3n) is 4.70. The van der Waals surface area contributed by atoms with E-state index in [0.29, 0.717) is 0 Å². The minimum atomic E-state index is -0.748. The first kappa shape index (κ1) is 22.3. The number of benzene rings is 1. The number of carbonyl (C=O) groups excluding carboxylic acids is 1. The lowest BCUT2D eigenvalue weighted by atomic mass is 10.1. The molecule has 2 heterocycles. The Morgan fingerprint density at radius 3 is 2.42 bits per heavy atom. The first-order valence-corrected chi connectivity index (χ1v) is 9.24. The van der Waals surface area contributed by atoms with Gasteiger partial charge in [-0.2, -0.15) is 0 Å². The number of methoxy groups -OCH3 is 3. The van der Waals surface area contributed by atoms with E-state index >= 15 is 0 Å². The van der Waals surface area contributed by atoms with Gasteiger partial charge in [-0.25, -0.2) is 13.8 Å². The molecule has 1 N–H and O–H groups in total. The molecule has 0 aliphatic rings. The van der Waals surface area contributed by atoms with Crippen molar-refractivity contribution in [3.05, 3.63) is 69.5 Å². The molecule has 1 aromatic carbocycles. The maximum absolute atomic E-state index is 14.2. The molecule has 0 saturated heterocycles. The first-order valence-electron chi connectivity index (χ1n) is 9.24. The van der Waals surface area contributed by atoms with Crippen LogP contribution in [0.15, 0.2) is 41.3 Å². The zero-order valence-electron chi connectivity index (χ0n) is 17.1. The number of hydrogen-bond acceptors (Lipinski definition) is 6. The van der Waals surface area contributed by atoms with Crippen molar-refractivity contribution in [2.24, 2.45) is 0 Å².